The van der Waals surface area contributed by atoms with Gasteiger partial charge in [0.2, 0.25) is 0 Å². The van der Waals surface area contributed by atoms with Crippen LogP contribution in [-0.2, 0) is 0 Å². The Labute approximate surface area is 106 Å². The number of carbonyl (C=O) groups is 1. The van der Waals surface area contributed by atoms with Crippen LogP contribution in [0.1, 0.15) is 29.8 Å². The molecule has 0 N–H and O–H groups in total. The molecule has 18 heavy (non-hydrogen) atoms. The molecule has 0 aliphatic carbocycles. The molecule has 1 saturated heterocycles. The smallest absolute Gasteiger partial charge is 0.274 e. The maximum absolute atomic E-state index is 12.3. The first-order chi connectivity index (χ1) is 8.84. The molecule has 2 aromatic rings. The average molecular weight is 241 g/mol. The predicted molar refractivity (Wildman–Crippen MR) is 69.3 cm³/mol. The minimum Gasteiger partial charge on any atom is -0.337 e. The van der Waals surface area contributed by atoms with Gasteiger partial charge >= 0.3 is 0 Å². The molecule has 1 aliphatic rings. The Hall–Kier alpha value is -1.97. The van der Waals surface area contributed by atoms with Crippen molar-refractivity contribution in [3.05, 3.63) is 36.2 Å². The fourth-order valence-electron chi connectivity index (χ4n) is 2.32. The van der Waals surface area contributed by atoms with Crippen molar-refractivity contribution in [3.8, 4) is 0 Å². The van der Waals surface area contributed by atoms with Crippen LogP contribution in [0.5, 0.6) is 0 Å². The van der Waals surface area contributed by atoms with Gasteiger partial charge in [-0.15, -0.1) is 0 Å². The first-order valence-electron chi connectivity index (χ1n) is 6.36. The zero-order valence-corrected chi connectivity index (χ0v) is 10.2. The summed E-state index contributed by atoms with van der Waals surface area (Å²) in [5.41, 5.74) is 2.06. The number of carbonyl (C=O) groups excluding carboxylic acids is 1. The van der Waals surface area contributed by atoms with E-state index < -0.39 is 0 Å². The number of piperidine rings is 1. The molecular formula is C14H15N3O. The summed E-state index contributed by atoms with van der Waals surface area (Å²) < 4.78 is 0. The largest absolute Gasteiger partial charge is 0.337 e. The zero-order valence-electron chi connectivity index (χ0n) is 10.2. The molecule has 4 nitrogen and oxygen atoms in total. The van der Waals surface area contributed by atoms with E-state index in [1.165, 1.54) is 6.42 Å². The van der Waals surface area contributed by atoms with E-state index in [2.05, 4.69) is 9.97 Å². The van der Waals surface area contributed by atoms with E-state index in [4.69, 9.17) is 0 Å². The molecule has 1 aromatic carbocycles. The van der Waals surface area contributed by atoms with Crippen LogP contribution in [0.3, 0.4) is 0 Å². The minimum atomic E-state index is 0.00736. The summed E-state index contributed by atoms with van der Waals surface area (Å²) in [7, 11) is 0. The standard InChI is InChI=1S/C14H15N3O/c18-14(17-8-4-1-5-9-17)13-10-15-11-6-2-3-7-12(11)16-13/h2-3,6-7,10H,1,4-5,8-9H2. The number of likely N-dealkylation sites (tertiary alicyclic amines) is 1. The fraction of sp³-hybridized carbons (Fsp3) is 0.357. The number of hydrogen-bond acceptors (Lipinski definition) is 3. The second-order valence-electron chi connectivity index (χ2n) is 4.60. The molecule has 0 unspecified atom stereocenters. The number of benzene rings is 1. The lowest BCUT2D eigenvalue weighted by Crippen LogP contribution is -2.36. The van der Waals surface area contributed by atoms with Crippen molar-refractivity contribution in [3.63, 3.8) is 0 Å². The summed E-state index contributed by atoms with van der Waals surface area (Å²) in [6.45, 7) is 1.68. The topological polar surface area (TPSA) is 46.1 Å². The molecule has 0 radical (unpaired) electrons. The summed E-state index contributed by atoms with van der Waals surface area (Å²) in [6, 6.07) is 7.61. The van der Waals surface area contributed by atoms with E-state index in [9.17, 15) is 4.79 Å². The van der Waals surface area contributed by atoms with E-state index in [0.717, 1.165) is 37.0 Å². The van der Waals surface area contributed by atoms with Crippen LogP contribution in [-0.4, -0.2) is 33.9 Å². The minimum absolute atomic E-state index is 0.00736. The Bertz CT molecular complexity index is 576. The summed E-state index contributed by atoms with van der Waals surface area (Å²) in [5, 5.41) is 0. The second kappa shape index (κ2) is 4.72. The molecule has 4 heteroatoms. The molecule has 1 aliphatic heterocycles. The van der Waals surface area contributed by atoms with Crippen LogP contribution in [0, 0.1) is 0 Å². The maximum atomic E-state index is 12.3. The first kappa shape index (κ1) is 11.1. The highest BCUT2D eigenvalue weighted by atomic mass is 16.2. The van der Waals surface area contributed by atoms with Crippen molar-refractivity contribution >= 4 is 16.9 Å². The van der Waals surface area contributed by atoms with Gasteiger partial charge in [-0.05, 0) is 31.4 Å². The van der Waals surface area contributed by atoms with Crippen LogP contribution in [0.4, 0.5) is 0 Å². The molecule has 92 valence electrons. The summed E-state index contributed by atoms with van der Waals surface area (Å²) in [5.74, 6) is 0.00736. The lowest BCUT2D eigenvalue weighted by atomic mass is 10.1. The Morgan fingerprint density at radius 1 is 1.06 bits per heavy atom. The van der Waals surface area contributed by atoms with Crippen molar-refractivity contribution in [2.75, 3.05) is 13.1 Å². The number of rotatable bonds is 1. The Morgan fingerprint density at radius 2 is 1.78 bits per heavy atom. The van der Waals surface area contributed by atoms with Gasteiger partial charge in [-0.3, -0.25) is 9.78 Å². The van der Waals surface area contributed by atoms with Crippen molar-refractivity contribution < 1.29 is 4.79 Å². The first-order valence-corrected chi connectivity index (χ1v) is 6.36. The van der Waals surface area contributed by atoms with Gasteiger partial charge in [-0.25, -0.2) is 4.98 Å². The van der Waals surface area contributed by atoms with Crippen molar-refractivity contribution in [1.29, 1.82) is 0 Å². The summed E-state index contributed by atoms with van der Waals surface area (Å²) >= 11 is 0. The van der Waals surface area contributed by atoms with Gasteiger partial charge in [0, 0.05) is 13.1 Å². The lowest BCUT2D eigenvalue weighted by Gasteiger charge is -2.26. The van der Waals surface area contributed by atoms with Crippen molar-refractivity contribution in [1.82, 2.24) is 14.9 Å². The molecule has 2 heterocycles. The fourth-order valence-corrected chi connectivity index (χ4v) is 2.32. The molecular weight excluding hydrogens is 226 g/mol. The van der Waals surface area contributed by atoms with Gasteiger partial charge < -0.3 is 4.90 Å². The Kier molecular flexibility index (Phi) is 2.92. The lowest BCUT2D eigenvalue weighted by molar-refractivity contribution is 0.0718. The third-order valence-electron chi connectivity index (χ3n) is 3.31. The summed E-state index contributed by atoms with van der Waals surface area (Å²) in [6.07, 6.45) is 4.98. The highest BCUT2D eigenvalue weighted by molar-refractivity contribution is 5.93. The molecule has 0 bridgehead atoms. The van der Waals surface area contributed by atoms with Crippen LogP contribution in [0.2, 0.25) is 0 Å². The third-order valence-corrected chi connectivity index (χ3v) is 3.31. The molecule has 0 spiro atoms. The molecule has 1 amide bonds. The van der Waals surface area contributed by atoms with Gasteiger partial charge in [0.1, 0.15) is 5.69 Å². The SMILES string of the molecule is O=C(c1cnc2ccccc2n1)N1CCCCC1. The summed E-state index contributed by atoms with van der Waals surface area (Å²) in [4.78, 5) is 22.8. The van der Waals surface area contributed by atoms with Gasteiger partial charge in [0.15, 0.2) is 0 Å². The highest BCUT2D eigenvalue weighted by Crippen LogP contribution is 2.14. The predicted octanol–water partition coefficient (Wildman–Crippen LogP) is 2.26. The van der Waals surface area contributed by atoms with E-state index in [1.807, 2.05) is 29.2 Å². The number of amides is 1. The molecule has 1 fully saturated rings. The van der Waals surface area contributed by atoms with E-state index in [0.29, 0.717) is 5.69 Å². The van der Waals surface area contributed by atoms with Gasteiger partial charge in [-0.2, -0.15) is 0 Å². The van der Waals surface area contributed by atoms with E-state index >= 15 is 0 Å². The van der Waals surface area contributed by atoms with Crippen molar-refractivity contribution in [2.24, 2.45) is 0 Å². The highest BCUT2D eigenvalue weighted by Gasteiger charge is 2.19. The van der Waals surface area contributed by atoms with Crippen LogP contribution in [0.25, 0.3) is 11.0 Å². The van der Waals surface area contributed by atoms with Gasteiger partial charge in [-0.1, -0.05) is 12.1 Å². The van der Waals surface area contributed by atoms with E-state index in [1.54, 1.807) is 6.20 Å². The van der Waals surface area contributed by atoms with Gasteiger partial charge in [0.05, 0.1) is 17.2 Å². The van der Waals surface area contributed by atoms with Crippen LogP contribution < -0.4 is 0 Å². The maximum Gasteiger partial charge on any atom is 0.274 e. The number of aromatic nitrogens is 2. The van der Waals surface area contributed by atoms with Gasteiger partial charge in [0.25, 0.3) is 5.91 Å². The number of hydrogen-bond donors (Lipinski definition) is 0. The Balaban J connectivity index is 1.91. The number of para-hydroxylation sites is 2. The molecule has 1 aromatic heterocycles. The van der Waals surface area contributed by atoms with E-state index in [-0.39, 0.29) is 5.91 Å². The normalized spacial score (nSPS) is 15.9. The number of nitrogens with zero attached hydrogens (tertiary/aromatic N) is 3. The second-order valence-corrected chi connectivity index (χ2v) is 4.60. The quantitative estimate of drug-likeness (QED) is 0.769. The third kappa shape index (κ3) is 2.06. The zero-order chi connectivity index (χ0) is 12.4. The molecule has 3 rings (SSSR count). The Morgan fingerprint density at radius 3 is 2.56 bits per heavy atom. The van der Waals surface area contributed by atoms with Crippen LogP contribution in [0.15, 0.2) is 30.5 Å². The molecule has 0 saturated carbocycles. The monoisotopic (exact) mass is 241 g/mol. The number of fused-ring (bicyclic) bond motifs is 1. The average Bonchev–Trinajstić information content (AvgIpc) is 2.47. The van der Waals surface area contributed by atoms with Crippen LogP contribution >= 0.6 is 0 Å². The van der Waals surface area contributed by atoms with Crippen molar-refractivity contribution in [2.45, 2.75) is 19.3 Å². The molecule has 0 atom stereocenters.